The predicted octanol–water partition coefficient (Wildman–Crippen LogP) is 3.91. The second-order valence-electron chi connectivity index (χ2n) is 4.46. The Bertz CT molecular complexity index is 534. The molecule has 0 unspecified atom stereocenters. The van der Waals surface area contributed by atoms with Gasteiger partial charge >= 0.3 is 0 Å². The van der Waals surface area contributed by atoms with Crippen LogP contribution in [0.1, 0.15) is 18.1 Å². The highest BCUT2D eigenvalue weighted by atomic mass is 19.1. The fourth-order valence-electron chi connectivity index (χ4n) is 1.95. The maximum atomic E-state index is 13.9. The molecule has 2 heteroatoms. The molecule has 2 aromatic carbocycles. The van der Waals surface area contributed by atoms with Crippen molar-refractivity contribution in [1.82, 2.24) is 5.32 Å². The van der Waals surface area contributed by atoms with Gasteiger partial charge in [-0.2, -0.15) is 0 Å². The molecule has 0 radical (unpaired) electrons. The van der Waals surface area contributed by atoms with E-state index in [0.29, 0.717) is 12.1 Å². The summed E-state index contributed by atoms with van der Waals surface area (Å²) in [7, 11) is 0. The quantitative estimate of drug-likeness (QED) is 0.858. The van der Waals surface area contributed by atoms with Crippen molar-refractivity contribution < 1.29 is 4.39 Å². The van der Waals surface area contributed by atoms with Gasteiger partial charge in [0.25, 0.3) is 0 Å². The molecular formula is C16H18FN. The van der Waals surface area contributed by atoms with Gasteiger partial charge in [0.15, 0.2) is 0 Å². The lowest BCUT2D eigenvalue weighted by Crippen LogP contribution is -2.12. The lowest BCUT2D eigenvalue weighted by atomic mass is 10.0. The third-order valence-corrected chi connectivity index (χ3v) is 2.97. The van der Waals surface area contributed by atoms with Gasteiger partial charge in [-0.15, -0.1) is 0 Å². The first-order valence-electron chi connectivity index (χ1n) is 6.27. The summed E-state index contributed by atoms with van der Waals surface area (Å²) in [6.45, 7) is 5.48. The van der Waals surface area contributed by atoms with Gasteiger partial charge in [-0.1, -0.05) is 48.9 Å². The van der Waals surface area contributed by atoms with Gasteiger partial charge in [-0.25, -0.2) is 4.39 Å². The smallest absolute Gasteiger partial charge is 0.128 e. The van der Waals surface area contributed by atoms with Gasteiger partial charge in [-0.05, 0) is 30.7 Å². The predicted molar refractivity (Wildman–Crippen MR) is 74.0 cm³/mol. The Morgan fingerprint density at radius 2 is 1.83 bits per heavy atom. The molecule has 2 rings (SSSR count). The van der Waals surface area contributed by atoms with Gasteiger partial charge in [-0.3, -0.25) is 0 Å². The van der Waals surface area contributed by atoms with Gasteiger partial charge in [0.1, 0.15) is 5.82 Å². The highest BCUT2D eigenvalue weighted by Gasteiger charge is 2.04. The van der Waals surface area contributed by atoms with Crippen LogP contribution in [0.3, 0.4) is 0 Å². The molecule has 0 atom stereocenters. The summed E-state index contributed by atoms with van der Waals surface area (Å²) in [6.07, 6.45) is 0. The van der Waals surface area contributed by atoms with Crippen LogP contribution in [0, 0.1) is 12.7 Å². The van der Waals surface area contributed by atoms with Crippen molar-refractivity contribution in [3.05, 3.63) is 59.4 Å². The number of aryl methyl sites for hydroxylation is 1. The van der Waals surface area contributed by atoms with Crippen molar-refractivity contribution in [2.75, 3.05) is 6.54 Å². The van der Waals surface area contributed by atoms with Crippen molar-refractivity contribution in [3.8, 4) is 11.1 Å². The average Bonchev–Trinajstić information content (AvgIpc) is 2.37. The molecule has 0 spiro atoms. The van der Waals surface area contributed by atoms with E-state index in [2.05, 4.69) is 11.4 Å². The van der Waals surface area contributed by atoms with Crippen LogP contribution in [0.15, 0.2) is 42.5 Å². The number of hydrogen-bond donors (Lipinski definition) is 1. The fraction of sp³-hybridized carbons (Fsp3) is 0.250. The lowest BCUT2D eigenvalue weighted by molar-refractivity contribution is 0.594. The Morgan fingerprint density at radius 3 is 2.50 bits per heavy atom. The van der Waals surface area contributed by atoms with Crippen LogP contribution in [0.25, 0.3) is 11.1 Å². The summed E-state index contributed by atoms with van der Waals surface area (Å²) < 4.78 is 13.9. The Kier molecular flexibility index (Phi) is 4.11. The second kappa shape index (κ2) is 5.78. The molecule has 0 aliphatic carbocycles. The molecule has 1 nitrogen and oxygen atoms in total. The Labute approximate surface area is 108 Å². The van der Waals surface area contributed by atoms with E-state index in [1.54, 1.807) is 6.07 Å². The van der Waals surface area contributed by atoms with Crippen molar-refractivity contribution >= 4 is 0 Å². The molecule has 18 heavy (non-hydrogen) atoms. The molecule has 2 aromatic rings. The van der Waals surface area contributed by atoms with E-state index in [0.717, 1.165) is 17.7 Å². The third-order valence-electron chi connectivity index (χ3n) is 2.97. The zero-order chi connectivity index (χ0) is 13.0. The molecule has 0 bridgehead atoms. The summed E-state index contributed by atoms with van der Waals surface area (Å²) in [4.78, 5) is 0. The molecule has 0 saturated heterocycles. The van der Waals surface area contributed by atoms with Gasteiger partial charge in [0, 0.05) is 12.1 Å². The van der Waals surface area contributed by atoms with Gasteiger partial charge in [0.2, 0.25) is 0 Å². The minimum absolute atomic E-state index is 0.144. The summed E-state index contributed by atoms with van der Waals surface area (Å²) in [5.74, 6) is -0.144. The summed E-state index contributed by atoms with van der Waals surface area (Å²) in [6, 6.07) is 13.6. The number of halogens is 1. The molecule has 1 N–H and O–H groups in total. The third kappa shape index (κ3) is 2.96. The molecule has 0 amide bonds. The van der Waals surface area contributed by atoms with Crippen molar-refractivity contribution in [3.63, 3.8) is 0 Å². The number of benzene rings is 2. The zero-order valence-electron chi connectivity index (χ0n) is 10.8. The van der Waals surface area contributed by atoms with Gasteiger partial charge in [0.05, 0.1) is 0 Å². The fourth-order valence-corrected chi connectivity index (χ4v) is 1.95. The summed E-state index contributed by atoms with van der Waals surface area (Å²) in [5, 5.41) is 3.13. The first-order chi connectivity index (χ1) is 8.70. The maximum absolute atomic E-state index is 13.9. The topological polar surface area (TPSA) is 12.0 Å². The Hall–Kier alpha value is -1.67. The van der Waals surface area contributed by atoms with E-state index in [4.69, 9.17) is 0 Å². The first kappa shape index (κ1) is 12.8. The van der Waals surface area contributed by atoms with Crippen LogP contribution in [-0.4, -0.2) is 6.54 Å². The van der Waals surface area contributed by atoms with E-state index >= 15 is 0 Å². The highest BCUT2D eigenvalue weighted by molar-refractivity contribution is 5.64. The SMILES string of the molecule is CCNCc1ccc(-c2cccc(C)c2)cc1F. The molecule has 0 aromatic heterocycles. The zero-order valence-corrected chi connectivity index (χ0v) is 10.8. The van der Waals surface area contributed by atoms with Crippen molar-refractivity contribution in [1.29, 1.82) is 0 Å². The van der Waals surface area contributed by atoms with Crippen LogP contribution in [0.4, 0.5) is 4.39 Å². The number of hydrogen-bond acceptors (Lipinski definition) is 1. The first-order valence-corrected chi connectivity index (χ1v) is 6.27. The Balaban J connectivity index is 2.28. The normalized spacial score (nSPS) is 10.6. The molecular weight excluding hydrogens is 225 g/mol. The van der Waals surface area contributed by atoms with E-state index in [1.807, 2.05) is 44.2 Å². The molecule has 94 valence electrons. The van der Waals surface area contributed by atoms with Gasteiger partial charge < -0.3 is 5.32 Å². The molecule has 0 aliphatic rings. The maximum Gasteiger partial charge on any atom is 0.128 e. The second-order valence-corrected chi connectivity index (χ2v) is 4.46. The van der Waals surface area contributed by atoms with E-state index in [1.165, 1.54) is 5.56 Å². The number of nitrogens with one attached hydrogen (secondary N) is 1. The van der Waals surface area contributed by atoms with Crippen molar-refractivity contribution in [2.24, 2.45) is 0 Å². The summed E-state index contributed by atoms with van der Waals surface area (Å²) >= 11 is 0. The highest BCUT2D eigenvalue weighted by Crippen LogP contribution is 2.22. The van der Waals surface area contributed by atoms with Crippen LogP contribution in [0.5, 0.6) is 0 Å². The Morgan fingerprint density at radius 1 is 1.06 bits per heavy atom. The monoisotopic (exact) mass is 243 g/mol. The van der Waals surface area contributed by atoms with E-state index < -0.39 is 0 Å². The number of rotatable bonds is 4. The molecule has 0 fully saturated rings. The minimum Gasteiger partial charge on any atom is -0.313 e. The van der Waals surface area contributed by atoms with E-state index in [-0.39, 0.29) is 5.82 Å². The molecule has 0 heterocycles. The van der Waals surface area contributed by atoms with Crippen LogP contribution in [-0.2, 0) is 6.54 Å². The van der Waals surface area contributed by atoms with Crippen molar-refractivity contribution in [2.45, 2.75) is 20.4 Å². The largest absolute Gasteiger partial charge is 0.313 e. The molecule has 0 saturated carbocycles. The minimum atomic E-state index is -0.144. The van der Waals surface area contributed by atoms with E-state index in [9.17, 15) is 4.39 Å². The average molecular weight is 243 g/mol. The van der Waals surface area contributed by atoms with Crippen LogP contribution in [0.2, 0.25) is 0 Å². The van der Waals surface area contributed by atoms with Crippen LogP contribution >= 0.6 is 0 Å². The summed E-state index contributed by atoms with van der Waals surface area (Å²) in [5.41, 5.74) is 3.89. The van der Waals surface area contributed by atoms with Crippen LogP contribution < -0.4 is 5.32 Å². The molecule has 0 aliphatic heterocycles. The standard InChI is InChI=1S/C16H18FN/c1-3-18-11-15-8-7-14(10-16(15)17)13-6-4-5-12(2)9-13/h4-10,18H,3,11H2,1-2H3. The lowest BCUT2D eigenvalue weighted by Gasteiger charge is -2.07.